The Kier molecular flexibility index (Phi) is 10.5. The fraction of sp³-hybridized carbons (Fsp3) is 0.520. The van der Waals surface area contributed by atoms with Gasteiger partial charge in [-0.1, -0.05) is 12.1 Å². The van der Waals surface area contributed by atoms with Crippen molar-refractivity contribution in [1.82, 2.24) is 20.9 Å². The lowest BCUT2D eigenvalue weighted by molar-refractivity contribution is -0.367. The minimum atomic E-state index is -6.26. The molecule has 1 aromatic rings. The molecule has 0 saturated carbocycles. The van der Waals surface area contributed by atoms with Crippen molar-refractivity contribution in [2.45, 2.75) is 69.1 Å². The third-order valence-electron chi connectivity index (χ3n) is 6.39. The average Bonchev–Trinajstić information content (AvgIpc) is 3.10. The number of imide groups is 1. The Balaban J connectivity index is 1.82. The van der Waals surface area contributed by atoms with Crippen molar-refractivity contribution in [3.05, 3.63) is 35.4 Å². The number of halogens is 6. The zero-order valence-corrected chi connectivity index (χ0v) is 22.7. The lowest BCUT2D eigenvalue weighted by Crippen LogP contribution is -2.59. The number of benzene rings is 1. The quantitative estimate of drug-likeness (QED) is 0.123. The molecular formula is C25H28F6N4O8. The van der Waals surface area contributed by atoms with E-state index in [-0.39, 0.29) is 30.5 Å². The predicted molar refractivity (Wildman–Crippen MR) is 132 cm³/mol. The van der Waals surface area contributed by atoms with Gasteiger partial charge in [0.1, 0.15) is 18.1 Å². The molecule has 1 aliphatic heterocycles. The second kappa shape index (κ2) is 13.0. The Hall–Kier alpha value is -4.22. The van der Waals surface area contributed by atoms with Crippen LogP contribution in [0.2, 0.25) is 0 Å². The number of hydrogen-bond donors (Lipinski definition) is 5. The summed E-state index contributed by atoms with van der Waals surface area (Å²) in [6, 6.07) is 4.06. The fourth-order valence-electron chi connectivity index (χ4n) is 3.96. The van der Waals surface area contributed by atoms with Crippen LogP contribution in [0.15, 0.2) is 24.3 Å². The Morgan fingerprint density at radius 1 is 0.884 bits per heavy atom. The first-order valence-corrected chi connectivity index (χ1v) is 12.5. The van der Waals surface area contributed by atoms with E-state index in [1.165, 1.54) is 31.3 Å². The summed E-state index contributed by atoms with van der Waals surface area (Å²) in [5.41, 5.74) is -6.66. The third kappa shape index (κ3) is 8.20. The molecule has 5 N–H and O–H groups in total. The molecule has 0 unspecified atom stereocenters. The number of carbonyl (C=O) groups excluding carboxylic acids is 5. The summed E-state index contributed by atoms with van der Waals surface area (Å²) >= 11 is 0. The van der Waals surface area contributed by atoms with E-state index in [1.54, 1.807) is 12.1 Å². The van der Waals surface area contributed by atoms with E-state index in [2.05, 4.69) is 10.6 Å². The molecule has 1 atom stereocenters. The number of carboxylic acids is 1. The topological polar surface area (TPSA) is 182 Å². The van der Waals surface area contributed by atoms with Crippen LogP contribution in [0.3, 0.4) is 0 Å². The summed E-state index contributed by atoms with van der Waals surface area (Å²) in [5, 5.41) is 24.6. The van der Waals surface area contributed by atoms with Gasteiger partial charge in [0.25, 0.3) is 17.4 Å². The van der Waals surface area contributed by atoms with Crippen molar-refractivity contribution in [3.8, 4) is 0 Å². The number of nitrogens with zero attached hydrogens (tertiary/aromatic N) is 1. The molecule has 0 radical (unpaired) electrons. The molecule has 12 nitrogen and oxygen atoms in total. The Morgan fingerprint density at radius 2 is 1.40 bits per heavy atom. The Morgan fingerprint density at radius 3 is 1.86 bits per heavy atom. The number of carboxylic acid groups (broad SMARTS) is 1. The van der Waals surface area contributed by atoms with Crippen molar-refractivity contribution < 1.29 is 65.3 Å². The van der Waals surface area contributed by atoms with Gasteiger partial charge in [-0.15, -0.1) is 0 Å². The standard InChI is InChI=1S/C25H28F6N4O8/c1-22(2,34-17(37)12-35-18(38)13-7-3-4-8-14(13)19(35)39)21(42)32-10-6-5-9-15(20(40)41)33-16(36)11-23(43,24(26,27)28)25(29,30)31/h3-4,7-8,15,43H,5-6,9-12H2,1-2H3,(H,32,42)(H,33,36)(H,34,37)(H,40,41)/t15-/m0/s1. The molecule has 43 heavy (non-hydrogen) atoms. The van der Waals surface area contributed by atoms with Crippen LogP contribution in [0.4, 0.5) is 26.3 Å². The highest BCUT2D eigenvalue weighted by molar-refractivity contribution is 6.22. The van der Waals surface area contributed by atoms with Gasteiger partial charge in [-0.3, -0.25) is 28.9 Å². The first-order valence-electron chi connectivity index (χ1n) is 12.5. The summed E-state index contributed by atoms with van der Waals surface area (Å²) in [6.07, 6.45) is -15.5. The Bertz CT molecular complexity index is 1230. The zero-order chi connectivity index (χ0) is 33.0. The van der Waals surface area contributed by atoms with E-state index in [0.717, 1.165) is 4.90 Å². The van der Waals surface area contributed by atoms with Crippen molar-refractivity contribution in [2.24, 2.45) is 0 Å². The number of hydrogen-bond acceptors (Lipinski definition) is 7. The van der Waals surface area contributed by atoms with Gasteiger partial charge in [-0.05, 0) is 45.2 Å². The molecule has 0 bridgehead atoms. The minimum Gasteiger partial charge on any atom is -0.480 e. The van der Waals surface area contributed by atoms with Crippen LogP contribution in [0, 0.1) is 0 Å². The molecule has 1 aliphatic rings. The number of unbranched alkanes of at least 4 members (excludes halogenated alkanes) is 1. The van der Waals surface area contributed by atoms with Crippen LogP contribution < -0.4 is 16.0 Å². The minimum absolute atomic E-state index is 0.0412. The number of amides is 5. The fourth-order valence-corrected chi connectivity index (χ4v) is 3.96. The van der Waals surface area contributed by atoms with Gasteiger partial charge < -0.3 is 26.2 Å². The molecule has 5 amide bonds. The van der Waals surface area contributed by atoms with E-state index in [9.17, 15) is 60.2 Å². The van der Waals surface area contributed by atoms with Crippen LogP contribution in [-0.4, -0.2) is 93.2 Å². The van der Waals surface area contributed by atoms with Crippen LogP contribution in [0.1, 0.15) is 60.2 Å². The van der Waals surface area contributed by atoms with E-state index >= 15 is 0 Å². The summed E-state index contributed by atoms with van der Waals surface area (Å²) in [6.45, 7) is 1.87. The van der Waals surface area contributed by atoms with Crippen LogP contribution >= 0.6 is 0 Å². The number of carbonyl (C=O) groups is 6. The summed E-state index contributed by atoms with van der Waals surface area (Å²) < 4.78 is 76.7. The second-order valence-corrected chi connectivity index (χ2v) is 10.2. The lowest BCUT2D eigenvalue weighted by Gasteiger charge is -2.32. The number of rotatable bonds is 13. The largest absolute Gasteiger partial charge is 0.480 e. The van der Waals surface area contributed by atoms with Gasteiger partial charge in [0.2, 0.25) is 17.7 Å². The van der Waals surface area contributed by atoms with E-state index in [0.29, 0.717) is 0 Å². The van der Waals surface area contributed by atoms with Crippen LogP contribution in [0.25, 0.3) is 0 Å². The van der Waals surface area contributed by atoms with Gasteiger partial charge in [0.05, 0.1) is 17.5 Å². The smallest absolute Gasteiger partial charge is 0.426 e. The maximum atomic E-state index is 12.8. The molecule has 1 heterocycles. The van der Waals surface area contributed by atoms with Gasteiger partial charge in [0, 0.05) is 6.54 Å². The van der Waals surface area contributed by atoms with Crippen LogP contribution in [0.5, 0.6) is 0 Å². The molecule has 0 aromatic heterocycles. The number of nitrogens with one attached hydrogen (secondary N) is 3. The molecule has 0 spiro atoms. The van der Waals surface area contributed by atoms with Gasteiger partial charge in [-0.2, -0.15) is 26.3 Å². The molecular weight excluding hydrogens is 598 g/mol. The lowest BCUT2D eigenvalue weighted by atomic mass is 9.97. The SMILES string of the molecule is CC(C)(NC(=O)CN1C(=O)c2ccccc2C1=O)C(=O)NCCCC[C@H](NC(=O)CC(O)(C(F)(F)F)C(F)(F)F)C(=O)O. The van der Waals surface area contributed by atoms with Crippen molar-refractivity contribution >= 4 is 35.5 Å². The summed E-state index contributed by atoms with van der Waals surface area (Å²) in [4.78, 5) is 73.7. The van der Waals surface area contributed by atoms with Crippen LogP contribution in [-0.2, 0) is 19.2 Å². The normalized spacial score (nSPS) is 14.7. The number of fused-ring (bicyclic) bond motifs is 1. The Labute approximate surface area is 239 Å². The van der Waals surface area contributed by atoms with Gasteiger partial charge in [-0.25, -0.2) is 4.79 Å². The molecule has 18 heteroatoms. The molecule has 1 aromatic carbocycles. The highest BCUT2D eigenvalue weighted by Crippen LogP contribution is 2.45. The molecule has 2 rings (SSSR count). The van der Waals surface area contributed by atoms with Gasteiger partial charge in [0.15, 0.2) is 0 Å². The van der Waals surface area contributed by atoms with Crippen molar-refractivity contribution in [2.75, 3.05) is 13.1 Å². The van der Waals surface area contributed by atoms with E-state index in [1.807, 2.05) is 0 Å². The third-order valence-corrected chi connectivity index (χ3v) is 6.39. The molecule has 0 saturated heterocycles. The molecule has 0 aliphatic carbocycles. The first kappa shape index (κ1) is 35.0. The maximum Gasteiger partial charge on any atom is 0.426 e. The average molecular weight is 627 g/mol. The highest BCUT2D eigenvalue weighted by atomic mass is 19.4. The van der Waals surface area contributed by atoms with Gasteiger partial charge >= 0.3 is 18.3 Å². The summed E-state index contributed by atoms with van der Waals surface area (Å²) in [5.74, 6) is -6.66. The first-order chi connectivity index (χ1) is 19.6. The number of alkyl halides is 6. The zero-order valence-electron chi connectivity index (χ0n) is 22.7. The summed E-state index contributed by atoms with van der Waals surface area (Å²) in [7, 11) is 0. The maximum absolute atomic E-state index is 12.8. The van der Waals surface area contributed by atoms with Crippen molar-refractivity contribution in [3.63, 3.8) is 0 Å². The number of aliphatic carboxylic acids is 1. The van der Waals surface area contributed by atoms with Crippen molar-refractivity contribution in [1.29, 1.82) is 0 Å². The molecule has 0 fully saturated rings. The highest BCUT2D eigenvalue weighted by Gasteiger charge is 2.71. The second-order valence-electron chi connectivity index (χ2n) is 10.2. The van der Waals surface area contributed by atoms with E-state index < -0.39 is 84.4 Å². The molecule has 238 valence electrons. The van der Waals surface area contributed by atoms with E-state index in [4.69, 9.17) is 5.11 Å². The monoisotopic (exact) mass is 626 g/mol. The predicted octanol–water partition coefficient (Wildman–Crippen LogP) is 1.28. The number of aliphatic hydroxyl groups is 1.